The van der Waals surface area contributed by atoms with E-state index in [2.05, 4.69) is 47.8 Å². The van der Waals surface area contributed by atoms with Crippen molar-refractivity contribution < 1.29 is 4.74 Å². The maximum atomic E-state index is 5.84. The topological polar surface area (TPSA) is 21.3 Å². The van der Waals surface area contributed by atoms with Crippen LogP contribution in [-0.4, -0.2) is 13.2 Å². The van der Waals surface area contributed by atoms with Gasteiger partial charge in [0.1, 0.15) is 5.75 Å². The Morgan fingerprint density at radius 2 is 1.89 bits per heavy atom. The number of hydrogen-bond donors (Lipinski definition) is 1. The number of para-hydroxylation sites is 2. The van der Waals surface area contributed by atoms with Gasteiger partial charge >= 0.3 is 0 Å². The van der Waals surface area contributed by atoms with Crippen LogP contribution in [0.25, 0.3) is 0 Å². The maximum Gasteiger partial charge on any atom is 0.126 e. The van der Waals surface area contributed by atoms with Crippen LogP contribution in [0.1, 0.15) is 22.6 Å². The molecular formula is C17H17NO. The predicted octanol–water partition coefficient (Wildman–Crippen LogP) is 3.37. The molecule has 2 aliphatic rings. The molecule has 0 amide bonds. The van der Waals surface area contributed by atoms with Gasteiger partial charge in [-0.05, 0) is 29.2 Å². The largest absolute Gasteiger partial charge is 0.493 e. The van der Waals surface area contributed by atoms with Gasteiger partial charge in [0.2, 0.25) is 0 Å². The van der Waals surface area contributed by atoms with Gasteiger partial charge in [-0.3, -0.25) is 0 Å². The standard InChI is InChI=1S/C17H17NO/c1-2-7-16-13(4-1)10-14(11-18-16)15-6-3-5-12-8-9-19-17(12)15/h1-7,14,18H,8-11H2. The van der Waals surface area contributed by atoms with Crippen molar-refractivity contribution in [2.75, 3.05) is 18.5 Å². The number of hydrogen-bond acceptors (Lipinski definition) is 2. The molecule has 0 saturated carbocycles. The van der Waals surface area contributed by atoms with E-state index < -0.39 is 0 Å². The van der Waals surface area contributed by atoms with E-state index in [1.54, 1.807) is 0 Å². The zero-order valence-corrected chi connectivity index (χ0v) is 10.9. The van der Waals surface area contributed by atoms with E-state index >= 15 is 0 Å². The number of fused-ring (bicyclic) bond motifs is 2. The van der Waals surface area contributed by atoms with Crippen LogP contribution in [0.15, 0.2) is 42.5 Å². The highest BCUT2D eigenvalue weighted by atomic mass is 16.5. The van der Waals surface area contributed by atoms with Crippen LogP contribution in [0.5, 0.6) is 5.75 Å². The molecule has 1 atom stereocenters. The summed E-state index contributed by atoms with van der Waals surface area (Å²) in [7, 11) is 0. The number of ether oxygens (including phenoxy) is 1. The quantitative estimate of drug-likeness (QED) is 0.839. The first-order chi connectivity index (χ1) is 9.42. The fraction of sp³-hybridized carbons (Fsp3) is 0.294. The van der Waals surface area contributed by atoms with Gasteiger partial charge in [-0.1, -0.05) is 36.4 Å². The second-order valence-electron chi connectivity index (χ2n) is 5.37. The molecule has 1 unspecified atom stereocenters. The molecule has 0 aromatic heterocycles. The molecular weight excluding hydrogens is 234 g/mol. The molecule has 19 heavy (non-hydrogen) atoms. The summed E-state index contributed by atoms with van der Waals surface area (Å²) in [6.07, 6.45) is 2.16. The minimum absolute atomic E-state index is 0.517. The summed E-state index contributed by atoms with van der Waals surface area (Å²) in [5, 5.41) is 3.55. The van der Waals surface area contributed by atoms with Gasteiger partial charge in [0.05, 0.1) is 6.61 Å². The van der Waals surface area contributed by atoms with Crippen molar-refractivity contribution in [3.05, 3.63) is 59.2 Å². The maximum absolute atomic E-state index is 5.84. The van der Waals surface area contributed by atoms with E-state index in [0.717, 1.165) is 31.7 Å². The lowest BCUT2D eigenvalue weighted by atomic mass is 9.87. The summed E-state index contributed by atoms with van der Waals surface area (Å²) >= 11 is 0. The van der Waals surface area contributed by atoms with Gasteiger partial charge in [0.25, 0.3) is 0 Å². The highest BCUT2D eigenvalue weighted by Crippen LogP contribution is 2.38. The van der Waals surface area contributed by atoms with Gasteiger partial charge in [-0.25, -0.2) is 0 Å². The second kappa shape index (κ2) is 4.30. The Labute approximate surface area is 113 Å². The molecule has 0 bridgehead atoms. The van der Waals surface area contributed by atoms with Crippen LogP contribution in [0.4, 0.5) is 5.69 Å². The Kier molecular flexibility index (Phi) is 2.47. The third kappa shape index (κ3) is 1.79. The summed E-state index contributed by atoms with van der Waals surface area (Å²) in [5.74, 6) is 1.66. The highest BCUT2D eigenvalue weighted by Gasteiger charge is 2.25. The van der Waals surface area contributed by atoms with Crippen LogP contribution in [-0.2, 0) is 12.8 Å². The minimum atomic E-state index is 0.517. The molecule has 0 saturated heterocycles. The molecule has 96 valence electrons. The lowest BCUT2D eigenvalue weighted by Gasteiger charge is -2.27. The highest BCUT2D eigenvalue weighted by molar-refractivity contribution is 5.56. The average Bonchev–Trinajstić information content (AvgIpc) is 2.95. The molecule has 4 rings (SSSR count). The molecule has 2 nitrogen and oxygen atoms in total. The zero-order chi connectivity index (χ0) is 12.7. The molecule has 1 N–H and O–H groups in total. The van der Waals surface area contributed by atoms with Crippen LogP contribution in [0, 0.1) is 0 Å². The molecule has 0 aliphatic carbocycles. The Hall–Kier alpha value is -1.96. The van der Waals surface area contributed by atoms with Gasteiger partial charge in [-0.2, -0.15) is 0 Å². The van der Waals surface area contributed by atoms with Gasteiger partial charge in [-0.15, -0.1) is 0 Å². The van der Waals surface area contributed by atoms with Gasteiger partial charge in [0.15, 0.2) is 0 Å². The Morgan fingerprint density at radius 3 is 2.89 bits per heavy atom. The lowest BCUT2D eigenvalue weighted by Crippen LogP contribution is -2.21. The SMILES string of the molecule is c1ccc2c(c1)CC(c1cccc3c1OCC3)CN2. The molecule has 2 heteroatoms. The molecule has 2 aromatic rings. The monoisotopic (exact) mass is 251 g/mol. The fourth-order valence-corrected chi connectivity index (χ4v) is 3.22. The first-order valence-corrected chi connectivity index (χ1v) is 6.98. The Bertz CT molecular complexity index is 620. The van der Waals surface area contributed by atoms with Crippen molar-refractivity contribution in [2.24, 2.45) is 0 Å². The average molecular weight is 251 g/mol. The third-order valence-corrected chi connectivity index (χ3v) is 4.21. The van der Waals surface area contributed by atoms with Crippen LogP contribution in [0.2, 0.25) is 0 Å². The number of anilines is 1. The van der Waals surface area contributed by atoms with Crippen LogP contribution in [0.3, 0.4) is 0 Å². The minimum Gasteiger partial charge on any atom is -0.493 e. The van der Waals surface area contributed by atoms with Crippen molar-refractivity contribution in [3.63, 3.8) is 0 Å². The molecule has 2 aromatic carbocycles. The third-order valence-electron chi connectivity index (χ3n) is 4.21. The lowest BCUT2D eigenvalue weighted by molar-refractivity contribution is 0.351. The van der Waals surface area contributed by atoms with Crippen molar-refractivity contribution in [1.82, 2.24) is 0 Å². The van der Waals surface area contributed by atoms with Gasteiger partial charge in [0, 0.05) is 24.6 Å². The van der Waals surface area contributed by atoms with E-state index in [9.17, 15) is 0 Å². The first-order valence-electron chi connectivity index (χ1n) is 6.98. The van der Waals surface area contributed by atoms with Gasteiger partial charge < -0.3 is 10.1 Å². The van der Waals surface area contributed by atoms with Crippen LogP contribution >= 0.6 is 0 Å². The predicted molar refractivity (Wildman–Crippen MR) is 77.0 cm³/mol. The Balaban J connectivity index is 1.70. The summed E-state index contributed by atoms with van der Waals surface area (Å²) in [4.78, 5) is 0. The normalized spacial score (nSPS) is 20.1. The fourth-order valence-electron chi connectivity index (χ4n) is 3.22. The van der Waals surface area contributed by atoms with E-state index in [-0.39, 0.29) is 0 Å². The van der Waals surface area contributed by atoms with Crippen molar-refractivity contribution >= 4 is 5.69 Å². The van der Waals surface area contributed by atoms with Crippen molar-refractivity contribution in [2.45, 2.75) is 18.8 Å². The summed E-state index contributed by atoms with van der Waals surface area (Å²) in [6, 6.07) is 15.2. The molecule has 0 fully saturated rings. The Morgan fingerprint density at radius 1 is 1.00 bits per heavy atom. The molecule has 2 heterocycles. The molecule has 2 aliphatic heterocycles. The van der Waals surface area contributed by atoms with Crippen LogP contribution < -0.4 is 10.1 Å². The summed E-state index contributed by atoms with van der Waals surface area (Å²) in [6.45, 7) is 1.83. The smallest absolute Gasteiger partial charge is 0.126 e. The van der Waals surface area contributed by atoms with E-state index in [4.69, 9.17) is 4.74 Å². The number of nitrogens with one attached hydrogen (secondary N) is 1. The second-order valence-corrected chi connectivity index (χ2v) is 5.37. The zero-order valence-electron chi connectivity index (χ0n) is 10.9. The van der Waals surface area contributed by atoms with Crippen molar-refractivity contribution in [1.29, 1.82) is 0 Å². The molecule has 0 radical (unpaired) electrons. The van der Waals surface area contributed by atoms with E-state index in [0.29, 0.717) is 5.92 Å². The number of rotatable bonds is 1. The number of benzene rings is 2. The van der Waals surface area contributed by atoms with Crippen molar-refractivity contribution in [3.8, 4) is 5.75 Å². The summed E-state index contributed by atoms with van der Waals surface area (Å²) in [5.41, 5.74) is 5.44. The molecule has 0 spiro atoms. The van der Waals surface area contributed by atoms with E-state index in [1.165, 1.54) is 22.4 Å². The van der Waals surface area contributed by atoms with E-state index in [1.807, 2.05) is 0 Å². The summed E-state index contributed by atoms with van der Waals surface area (Å²) < 4.78 is 5.84. The first kappa shape index (κ1) is 10.9.